The summed E-state index contributed by atoms with van der Waals surface area (Å²) in [6.07, 6.45) is 4.57. The molecule has 1 N–H and O–H groups in total. The van der Waals surface area contributed by atoms with Gasteiger partial charge in [-0.1, -0.05) is 6.07 Å². The lowest BCUT2D eigenvalue weighted by atomic mass is 10.1. The lowest BCUT2D eigenvalue weighted by Crippen LogP contribution is -2.36. The minimum atomic E-state index is -0.737. The maximum Gasteiger partial charge on any atom is 0.274 e. The molecule has 1 aliphatic rings. The van der Waals surface area contributed by atoms with E-state index in [4.69, 9.17) is 5.11 Å². The molecule has 2 aromatic rings. The van der Waals surface area contributed by atoms with E-state index in [-0.39, 0.29) is 29.9 Å². The number of carbonyl (C=O) groups excluding carboxylic acids is 1. The van der Waals surface area contributed by atoms with Gasteiger partial charge in [0, 0.05) is 25.4 Å². The van der Waals surface area contributed by atoms with Gasteiger partial charge in [0.2, 0.25) is 0 Å². The second kappa shape index (κ2) is 7.09. The van der Waals surface area contributed by atoms with Gasteiger partial charge in [0.25, 0.3) is 5.91 Å². The van der Waals surface area contributed by atoms with Crippen LogP contribution in [0, 0.1) is 11.6 Å². The molecule has 7 heteroatoms. The van der Waals surface area contributed by atoms with E-state index in [0.717, 1.165) is 36.1 Å². The first-order valence-corrected chi connectivity index (χ1v) is 8.03. The van der Waals surface area contributed by atoms with Crippen molar-refractivity contribution in [3.05, 3.63) is 47.8 Å². The molecule has 1 aromatic heterocycles. The molecule has 1 atom stereocenters. The van der Waals surface area contributed by atoms with Crippen LogP contribution in [0.2, 0.25) is 0 Å². The molecule has 0 saturated carbocycles. The summed E-state index contributed by atoms with van der Waals surface area (Å²) in [6, 6.07) is 5.12. The Morgan fingerprint density at radius 3 is 2.75 bits per heavy atom. The smallest absolute Gasteiger partial charge is 0.274 e. The van der Waals surface area contributed by atoms with E-state index in [1.807, 2.05) is 0 Å². The van der Waals surface area contributed by atoms with Crippen molar-refractivity contribution in [3.63, 3.8) is 0 Å². The quantitative estimate of drug-likeness (QED) is 0.913. The number of aliphatic hydroxyl groups is 1. The molecule has 1 aliphatic heterocycles. The van der Waals surface area contributed by atoms with Gasteiger partial charge in [-0.05, 0) is 43.9 Å². The van der Waals surface area contributed by atoms with Gasteiger partial charge in [-0.15, -0.1) is 0 Å². The molecule has 0 bridgehead atoms. The second-order valence-corrected chi connectivity index (χ2v) is 5.88. The molecule has 0 radical (unpaired) electrons. The van der Waals surface area contributed by atoms with Crippen LogP contribution in [0.3, 0.4) is 0 Å². The molecule has 0 aliphatic carbocycles. The molecule has 0 spiro atoms. The Balaban J connectivity index is 1.81. The Labute approximate surface area is 138 Å². The van der Waals surface area contributed by atoms with Crippen LogP contribution in [0.5, 0.6) is 0 Å². The van der Waals surface area contributed by atoms with Gasteiger partial charge >= 0.3 is 0 Å². The van der Waals surface area contributed by atoms with Gasteiger partial charge in [-0.25, -0.2) is 13.5 Å². The lowest BCUT2D eigenvalue weighted by molar-refractivity contribution is 0.0718. The van der Waals surface area contributed by atoms with Crippen molar-refractivity contribution >= 4 is 5.91 Å². The molecule has 1 saturated heterocycles. The van der Waals surface area contributed by atoms with Crippen molar-refractivity contribution in [2.24, 2.45) is 0 Å². The number of hydrogen-bond acceptors (Lipinski definition) is 3. The SMILES string of the molecule is O=C(c1ccn(-c2c(F)cccc2F)n1)N1CCCC1CCCO. The topological polar surface area (TPSA) is 58.4 Å². The highest BCUT2D eigenvalue weighted by Crippen LogP contribution is 2.24. The minimum Gasteiger partial charge on any atom is -0.396 e. The maximum atomic E-state index is 13.8. The van der Waals surface area contributed by atoms with Crippen LogP contribution < -0.4 is 0 Å². The number of aromatic nitrogens is 2. The largest absolute Gasteiger partial charge is 0.396 e. The van der Waals surface area contributed by atoms with Crippen LogP contribution in [-0.2, 0) is 0 Å². The molecule has 1 amide bonds. The Kier molecular flexibility index (Phi) is 4.89. The van der Waals surface area contributed by atoms with Gasteiger partial charge in [-0.3, -0.25) is 4.79 Å². The zero-order chi connectivity index (χ0) is 17.1. The molecule has 1 unspecified atom stereocenters. The average Bonchev–Trinajstić information content (AvgIpc) is 3.21. The number of rotatable bonds is 5. The molecular weight excluding hydrogens is 316 g/mol. The van der Waals surface area contributed by atoms with E-state index in [2.05, 4.69) is 5.10 Å². The maximum absolute atomic E-state index is 13.8. The van der Waals surface area contributed by atoms with Crippen molar-refractivity contribution in [1.82, 2.24) is 14.7 Å². The van der Waals surface area contributed by atoms with E-state index in [9.17, 15) is 13.6 Å². The lowest BCUT2D eigenvalue weighted by Gasteiger charge is -2.23. The van der Waals surface area contributed by atoms with Gasteiger partial charge < -0.3 is 10.0 Å². The molecule has 128 valence electrons. The Morgan fingerprint density at radius 1 is 1.29 bits per heavy atom. The molecular formula is C17H19F2N3O2. The predicted molar refractivity (Wildman–Crippen MR) is 83.9 cm³/mol. The van der Waals surface area contributed by atoms with Crippen molar-refractivity contribution in [2.45, 2.75) is 31.7 Å². The first-order valence-electron chi connectivity index (χ1n) is 8.03. The molecule has 24 heavy (non-hydrogen) atoms. The number of nitrogens with zero attached hydrogens (tertiary/aromatic N) is 3. The van der Waals surface area contributed by atoms with Crippen LogP contribution in [-0.4, -0.2) is 44.9 Å². The average molecular weight is 335 g/mol. The summed E-state index contributed by atoms with van der Waals surface area (Å²) < 4.78 is 28.7. The summed E-state index contributed by atoms with van der Waals surface area (Å²) in [6.45, 7) is 0.732. The summed E-state index contributed by atoms with van der Waals surface area (Å²) in [5.41, 5.74) is -0.136. The van der Waals surface area contributed by atoms with E-state index in [1.54, 1.807) is 4.90 Å². The van der Waals surface area contributed by atoms with Crippen LogP contribution in [0.4, 0.5) is 8.78 Å². The van der Waals surface area contributed by atoms with Gasteiger partial charge in [0.15, 0.2) is 17.3 Å². The van der Waals surface area contributed by atoms with Crippen molar-refractivity contribution < 1.29 is 18.7 Å². The van der Waals surface area contributed by atoms with E-state index in [1.165, 1.54) is 18.3 Å². The van der Waals surface area contributed by atoms with E-state index in [0.29, 0.717) is 13.0 Å². The summed E-state index contributed by atoms with van der Waals surface area (Å²) in [5.74, 6) is -1.72. The number of halogens is 2. The van der Waals surface area contributed by atoms with Crippen molar-refractivity contribution in [3.8, 4) is 5.69 Å². The normalized spacial score (nSPS) is 17.5. The number of likely N-dealkylation sites (tertiary alicyclic amines) is 1. The third-order valence-corrected chi connectivity index (χ3v) is 4.31. The molecule has 1 aromatic carbocycles. The number of carbonyl (C=O) groups is 1. The Bertz CT molecular complexity index is 712. The Morgan fingerprint density at radius 2 is 2.04 bits per heavy atom. The summed E-state index contributed by atoms with van der Waals surface area (Å²) >= 11 is 0. The summed E-state index contributed by atoms with van der Waals surface area (Å²) in [7, 11) is 0. The zero-order valence-corrected chi connectivity index (χ0v) is 13.2. The fourth-order valence-electron chi connectivity index (χ4n) is 3.15. The first-order chi connectivity index (χ1) is 11.6. The van der Waals surface area contributed by atoms with Crippen LogP contribution in [0.15, 0.2) is 30.5 Å². The standard InChI is InChI=1S/C17H19F2N3O2/c18-13-6-1-7-14(19)16(13)22-10-8-15(20-22)17(24)21-9-2-4-12(21)5-3-11-23/h1,6-8,10,12,23H,2-5,9,11H2. The molecule has 3 rings (SSSR count). The van der Waals surface area contributed by atoms with Gasteiger partial charge in [-0.2, -0.15) is 5.10 Å². The van der Waals surface area contributed by atoms with Gasteiger partial charge in [0.1, 0.15) is 5.69 Å². The van der Waals surface area contributed by atoms with E-state index < -0.39 is 11.6 Å². The first kappa shape index (κ1) is 16.6. The number of hydrogen-bond donors (Lipinski definition) is 1. The van der Waals surface area contributed by atoms with Crippen LogP contribution >= 0.6 is 0 Å². The summed E-state index contributed by atoms with van der Waals surface area (Å²) in [4.78, 5) is 14.4. The zero-order valence-electron chi connectivity index (χ0n) is 13.2. The molecule has 1 fully saturated rings. The molecule has 2 heterocycles. The minimum absolute atomic E-state index is 0.0833. The fraction of sp³-hybridized carbons (Fsp3) is 0.412. The summed E-state index contributed by atoms with van der Waals surface area (Å²) in [5, 5.41) is 13.0. The number of aliphatic hydroxyl groups excluding tert-OH is 1. The number of para-hydroxylation sites is 1. The van der Waals surface area contributed by atoms with Gasteiger partial charge in [0.05, 0.1) is 0 Å². The fourth-order valence-corrected chi connectivity index (χ4v) is 3.15. The number of amides is 1. The predicted octanol–water partition coefficient (Wildman–Crippen LogP) is 2.53. The third-order valence-electron chi connectivity index (χ3n) is 4.31. The number of benzene rings is 1. The molecule has 5 nitrogen and oxygen atoms in total. The monoisotopic (exact) mass is 335 g/mol. The Hall–Kier alpha value is -2.28. The second-order valence-electron chi connectivity index (χ2n) is 5.88. The van der Waals surface area contributed by atoms with Crippen molar-refractivity contribution in [1.29, 1.82) is 0 Å². The van der Waals surface area contributed by atoms with Crippen LogP contribution in [0.25, 0.3) is 5.69 Å². The highest BCUT2D eigenvalue weighted by atomic mass is 19.1. The third kappa shape index (κ3) is 3.17. The highest BCUT2D eigenvalue weighted by molar-refractivity contribution is 5.92. The van der Waals surface area contributed by atoms with E-state index >= 15 is 0 Å². The highest BCUT2D eigenvalue weighted by Gasteiger charge is 2.30. The van der Waals surface area contributed by atoms with Crippen molar-refractivity contribution in [2.75, 3.05) is 13.2 Å². The van der Waals surface area contributed by atoms with Crippen LogP contribution in [0.1, 0.15) is 36.2 Å².